The number of benzene rings is 3. The Kier molecular flexibility index (Phi) is 6.13. The molecule has 1 aromatic heterocycles. The third kappa shape index (κ3) is 4.78. The number of rotatable bonds is 6. The molecule has 0 unspecified atom stereocenters. The van der Waals surface area contributed by atoms with Gasteiger partial charge in [-0.05, 0) is 48.2 Å². The Hall–Kier alpha value is -3.58. The number of fused-ring (bicyclic) bond motifs is 1. The van der Waals surface area contributed by atoms with Crippen molar-refractivity contribution >= 4 is 40.3 Å². The molecule has 1 aliphatic rings. The molecule has 7 heteroatoms. The summed E-state index contributed by atoms with van der Waals surface area (Å²) in [5.74, 6) is 0.0645. The molecule has 2 heterocycles. The molecule has 2 amide bonds. The number of hydrogen-bond acceptors (Lipinski definition) is 4. The molecule has 3 aromatic carbocycles. The van der Waals surface area contributed by atoms with E-state index in [2.05, 4.69) is 27.4 Å². The van der Waals surface area contributed by atoms with Gasteiger partial charge < -0.3 is 15.2 Å². The molecule has 0 aliphatic carbocycles. The van der Waals surface area contributed by atoms with Gasteiger partial charge in [0.2, 0.25) is 11.8 Å². The molecule has 6 nitrogen and oxygen atoms in total. The first-order valence-electron chi connectivity index (χ1n) is 11.0. The van der Waals surface area contributed by atoms with Crippen molar-refractivity contribution in [2.24, 2.45) is 0 Å². The van der Waals surface area contributed by atoms with Crippen LogP contribution in [0.5, 0.6) is 0 Å². The van der Waals surface area contributed by atoms with E-state index in [1.165, 1.54) is 11.8 Å². The van der Waals surface area contributed by atoms with E-state index in [-0.39, 0.29) is 17.6 Å². The van der Waals surface area contributed by atoms with Gasteiger partial charge in [-0.2, -0.15) is 0 Å². The molecule has 0 spiro atoms. The summed E-state index contributed by atoms with van der Waals surface area (Å²) >= 11 is 1.37. The number of aromatic nitrogens is 2. The van der Waals surface area contributed by atoms with Gasteiger partial charge in [0, 0.05) is 12.2 Å². The number of anilines is 1. The van der Waals surface area contributed by atoms with E-state index in [0.717, 1.165) is 34.3 Å². The van der Waals surface area contributed by atoms with Crippen LogP contribution in [0, 0.1) is 0 Å². The number of aromatic amines is 1. The quantitative estimate of drug-likeness (QED) is 0.402. The predicted molar refractivity (Wildman–Crippen MR) is 132 cm³/mol. The molecular formula is C26H24N4O2S. The first kappa shape index (κ1) is 21.3. The molecule has 0 bridgehead atoms. The zero-order chi connectivity index (χ0) is 22.6. The molecule has 2 N–H and O–H groups in total. The lowest BCUT2D eigenvalue weighted by Crippen LogP contribution is -2.43. The van der Waals surface area contributed by atoms with Crippen molar-refractivity contribution in [3.8, 4) is 11.1 Å². The van der Waals surface area contributed by atoms with Crippen molar-refractivity contribution in [3.63, 3.8) is 0 Å². The van der Waals surface area contributed by atoms with Gasteiger partial charge in [-0.25, -0.2) is 4.98 Å². The normalized spacial score (nSPS) is 15.6. The third-order valence-electron chi connectivity index (χ3n) is 5.84. The fourth-order valence-electron chi connectivity index (χ4n) is 4.15. The van der Waals surface area contributed by atoms with Crippen LogP contribution in [0.4, 0.5) is 5.69 Å². The molecule has 0 radical (unpaired) electrons. The Balaban J connectivity index is 1.19. The molecule has 1 atom stereocenters. The minimum Gasteiger partial charge on any atom is -0.333 e. The average molecular weight is 457 g/mol. The largest absolute Gasteiger partial charge is 0.333 e. The maximum atomic E-state index is 12.9. The van der Waals surface area contributed by atoms with Crippen molar-refractivity contribution < 1.29 is 9.59 Å². The standard InChI is InChI=1S/C26H24N4O2S/c31-24(17-33-26-28-21-9-4-5-10-22(21)29-26)30-16-6-11-23(30)25(32)27-20-14-12-19(13-15-20)18-7-2-1-3-8-18/h1-5,7-10,12-15,23H,6,11,16-17H2,(H,27,32)(H,28,29)/t23-/m0/s1. The molecule has 4 aromatic rings. The molecule has 0 saturated carbocycles. The van der Waals surface area contributed by atoms with Crippen LogP contribution in [0.15, 0.2) is 84.0 Å². The van der Waals surface area contributed by atoms with Crippen LogP contribution in [0.1, 0.15) is 12.8 Å². The summed E-state index contributed by atoms with van der Waals surface area (Å²) in [7, 11) is 0. The summed E-state index contributed by atoms with van der Waals surface area (Å²) in [5.41, 5.74) is 4.78. The molecule has 5 rings (SSSR count). The second kappa shape index (κ2) is 9.50. The van der Waals surface area contributed by atoms with Crippen molar-refractivity contribution in [3.05, 3.63) is 78.9 Å². The van der Waals surface area contributed by atoms with Gasteiger partial charge in [-0.1, -0.05) is 66.4 Å². The second-order valence-corrected chi connectivity index (χ2v) is 8.99. The Morgan fingerprint density at radius 1 is 0.970 bits per heavy atom. The number of amides is 2. The third-order valence-corrected chi connectivity index (χ3v) is 6.69. The maximum Gasteiger partial charge on any atom is 0.247 e. The van der Waals surface area contributed by atoms with E-state index in [0.29, 0.717) is 18.1 Å². The number of para-hydroxylation sites is 2. The van der Waals surface area contributed by atoms with E-state index in [1.54, 1.807) is 4.90 Å². The SMILES string of the molecule is O=C(Nc1ccc(-c2ccccc2)cc1)[C@@H]1CCCN1C(=O)CSc1nc2ccccc2[nH]1. The summed E-state index contributed by atoms with van der Waals surface area (Å²) < 4.78 is 0. The lowest BCUT2D eigenvalue weighted by Gasteiger charge is -2.23. The number of carbonyl (C=O) groups is 2. The van der Waals surface area contributed by atoms with Crippen LogP contribution in [-0.2, 0) is 9.59 Å². The number of hydrogen-bond donors (Lipinski definition) is 2. The zero-order valence-electron chi connectivity index (χ0n) is 18.0. The summed E-state index contributed by atoms with van der Waals surface area (Å²) in [6.07, 6.45) is 1.50. The van der Waals surface area contributed by atoms with Gasteiger partial charge in [0.1, 0.15) is 6.04 Å². The minimum atomic E-state index is -0.442. The molecule has 1 aliphatic heterocycles. The van der Waals surface area contributed by atoms with Crippen molar-refractivity contribution in [2.75, 3.05) is 17.6 Å². The summed E-state index contributed by atoms with van der Waals surface area (Å²) in [4.78, 5) is 35.3. The average Bonchev–Trinajstić information content (AvgIpc) is 3.51. The predicted octanol–water partition coefficient (Wildman–Crippen LogP) is 4.95. The Bertz CT molecular complexity index is 1240. The molecular weight excluding hydrogens is 432 g/mol. The van der Waals surface area contributed by atoms with E-state index in [4.69, 9.17) is 0 Å². The summed E-state index contributed by atoms with van der Waals surface area (Å²) in [5, 5.41) is 3.69. The molecule has 166 valence electrons. The van der Waals surface area contributed by atoms with Gasteiger partial charge in [0.25, 0.3) is 0 Å². The first-order chi connectivity index (χ1) is 16.2. The topological polar surface area (TPSA) is 78.1 Å². The van der Waals surface area contributed by atoms with Crippen molar-refractivity contribution in [1.82, 2.24) is 14.9 Å². The molecule has 1 fully saturated rings. The number of likely N-dealkylation sites (tertiary alicyclic amines) is 1. The highest BCUT2D eigenvalue weighted by atomic mass is 32.2. The highest BCUT2D eigenvalue weighted by molar-refractivity contribution is 7.99. The van der Waals surface area contributed by atoms with Crippen LogP contribution in [0.25, 0.3) is 22.2 Å². The van der Waals surface area contributed by atoms with Gasteiger partial charge >= 0.3 is 0 Å². The van der Waals surface area contributed by atoms with E-state index < -0.39 is 6.04 Å². The smallest absolute Gasteiger partial charge is 0.247 e. The van der Waals surface area contributed by atoms with Crippen LogP contribution < -0.4 is 5.32 Å². The monoisotopic (exact) mass is 456 g/mol. The van der Waals surface area contributed by atoms with E-state index >= 15 is 0 Å². The number of thioether (sulfide) groups is 1. The Morgan fingerprint density at radius 3 is 2.48 bits per heavy atom. The second-order valence-electron chi connectivity index (χ2n) is 8.03. The van der Waals surface area contributed by atoms with Crippen molar-refractivity contribution in [1.29, 1.82) is 0 Å². The van der Waals surface area contributed by atoms with Gasteiger partial charge in [-0.3, -0.25) is 9.59 Å². The van der Waals surface area contributed by atoms with Crippen LogP contribution in [0.3, 0.4) is 0 Å². The highest BCUT2D eigenvalue weighted by Gasteiger charge is 2.34. The van der Waals surface area contributed by atoms with Crippen LogP contribution in [0.2, 0.25) is 0 Å². The highest BCUT2D eigenvalue weighted by Crippen LogP contribution is 2.25. The van der Waals surface area contributed by atoms with Gasteiger partial charge in [0.05, 0.1) is 16.8 Å². The summed E-state index contributed by atoms with van der Waals surface area (Å²) in [6, 6.07) is 25.2. The number of imidazole rings is 1. The van der Waals surface area contributed by atoms with Crippen molar-refractivity contribution in [2.45, 2.75) is 24.0 Å². The first-order valence-corrected chi connectivity index (χ1v) is 12.0. The zero-order valence-corrected chi connectivity index (χ0v) is 18.8. The maximum absolute atomic E-state index is 12.9. The Labute approximate surface area is 196 Å². The van der Waals surface area contributed by atoms with Crippen LogP contribution >= 0.6 is 11.8 Å². The fraction of sp³-hybridized carbons (Fsp3) is 0.192. The summed E-state index contributed by atoms with van der Waals surface area (Å²) in [6.45, 7) is 0.602. The minimum absolute atomic E-state index is 0.0440. The Morgan fingerprint density at radius 2 is 1.70 bits per heavy atom. The lowest BCUT2D eigenvalue weighted by molar-refractivity contribution is -0.134. The van der Waals surface area contributed by atoms with Gasteiger partial charge in [0.15, 0.2) is 5.16 Å². The van der Waals surface area contributed by atoms with E-state index in [1.807, 2.05) is 66.7 Å². The van der Waals surface area contributed by atoms with Gasteiger partial charge in [-0.15, -0.1) is 0 Å². The van der Waals surface area contributed by atoms with Crippen LogP contribution in [-0.4, -0.2) is 45.0 Å². The number of H-pyrrole nitrogens is 1. The van der Waals surface area contributed by atoms with E-state index in [9.17, 15) is 9.59 Å². The lowest BCUT2D eigenvalue weighted by atomic mass is 10.1. The number of carbonyl (C=O) groups excluding carboxylic acids is 2. The number of nitrogens with zero attached hydrogens (tertiary/aromatic N) is 2. The number of nitrogens with one attached hydrogen (secondary N) is 2. The fourth-order valence-corrected chi connectivity index (χ4v) is 4.92. The molecule has 1 saturated heterocycles. The molecule has 33 heavy (non-hydrogen) atoms.